The molecule has 0 atom stereocenters. The maximum Gasteiger partial charge on any atom is 0.154 e. The molecule has 0 aliphatic carbocycles. The predicted molar refractivity (Wildman–Crippen MR) is 102 cm³/mol. The predicted octanol–water partition coefficient (Wildman–Crippen LogP) is 3.60. The third-order valence-electron chi connectivity index (χ3n) is 3.98. The summed E-state index contributed by atoms with van der Waals surface area (Å²) in [7, 11) is 1.89. The first kappa shape index (κ1) is 15.9. The van der Waals surface area contributed by atoms with E-state index < -0.39 is 0 Å². The summed E-state index contributed by atoms with van der Waals surface area (Å²) < 4.78 is 1.76. The molecule has 4 aromatic rings. The molecule has 4 heterocycles. The highest BCUT2D eigenvalue weighted by atomic mass is 15.2. The molecule has 0 unspecified atom stereocenters. The first-order chi connectivity index (χ1) is 12.6. The summed E-state index contributed by atoms with van der Waals surface area (Å²) in [6, 6.07) is 7.69. The van der Waals surface area contributed by atoms with E-state index in [-0.39, 0.29) is 0 Å². The Morgan fingerprint density at radius 1 is 1.04 bits per heavy atom. The minimum Gasteiger partial charge on any atom is -0.323 e. The standard InChI is InChI=1S/C19H17N7/c1-12(2)13-7-19(25-21-9-13)24-18-5-4-16-17(23-18)6-14(8-20-16)15-10-22-26(3)11-15/h4-11H,1H2,2-3H3,(H,23,24,25). The summed E-state index contributed by atoms with van der Waals surface area (Å²) in [5.41, 5.74) is 5.45. The van der Waals surface area contributed by atoms with Crippen molar-refractivity contribution in [2.75, 3.05) is 5.32 Å². The molecule has 128 valence electrons. The molecule has 0 aromatic carbocycles. The first-order valence-electron chi connectivity index (χ1n) is 8.10. The molecule has 0 bridgehead atoms. The van der Waals surface area contributed by atoms with Gasteiger partial charge in [-0.1, -0.05) is 6.58 Å². The number of fused-ring (bicyclic) bond motifs is 1. The molecule has 26 heavy (non-hydrogen) atoms. The van der Waals surface area contributed by atoms with Crippen LogP contribution in [0.15, 0.2) is 55.6 Å². The van der Waals surface area contributed by atoms with E-state index in [0.29, 0.717) is 11.6 Å². The van der Waals surface area contributed by atoms with Gasteiger partial charge in [-0.3, -0.25) is 9.67 Å². The Balaban J connectivity index is 1.68. The van der Waals surface area contributed by atoms with Gasteiger partial charge >= 0.3 is 0 Å². The SMILES string of the molecule is C=C(C)c1cnnc(Nc2ccc3ncc(-c4cnn(C)c4)cc3n2)c1. The number of hydrogen-bond donors (Lipinski definition) is 1. The fourth-order valence-electron chi connectivity index (χ4n) is 2.60. The molecule has 1 N–H and O–H groups in total. The van der Waals surface area contributed by atoms with Crippen molar-refractivity contribution in [3.63, 3.8) is 0 Å². The summed E-state index contributed by atoms with van der Waals surface area (Å²) in [4.78, 5) is 9.13. The maximum atomic E-state index is 4.65. The van der Waals surface area contributed by atoms with Crippen molar-refractivity contribution in [2.45, 2.75) is 6.92 Å². The number of nitrogens with zero attached hydrogens (tertiary/aromatic N) is 6. The number of pyridine rings is 2. The lowest BCUT2D eigenvalue weighted by molar-refractivity contribution is 0.768. The normalized spacial score (nSPS) is 10.8. The van der Waals surface area contributed by atoms with Crippen LogP contribution in [0.3, 0.4) is 0 Å². The van der Waals surface area contributed by atoms with E-state index in [1.165, 1.54) is 0 Å². The number of hydrogen-bond acceptors (Lipinski definition) is 6. The molecule has 7 nitrogen and oxygen atoms in total. The van der Waals surface area contributed by atoms with Gasteiger partial charge < -0.3 is 5.32 Å². The van der Waals surface area contributed by atoms with E-state index >= 15 is 0 Å². The van der Waals surface area contributed by atoms with Crippen LogP contribution in [0.2, 0.25) is 0 Å². The Morgan fingerprint density at radius 2 is 1.92 bits per heavy atom. The van der Waals surface area contributed by atoms with Crippen molar-refractivity contribution < 1.29 is 0 Å². The van der Waals surface area contributed by atoms with Gasteiger partial charge in [-0.15, -0.1) is 5.10 Å². The van der Waals surface area contributed by atoms with Crippen LogP contribution in [0.1, 0.15) is 12.5 Å². The highest BCUT2D eigenvalue weighted by Crippen LogP contribution is 2.23. The van der Waals surface area contributed by atoms with Crippen molar-refractivity contribution in [3.05, 3.63) is 61.2 Å². The Kier molecular flexibility index (Phi) is 3.89. The summed E-state index contributed by atoms with van der Waals surface area (Å²) in [5, 5.41) is 15.5. The zero-order valence-corrected chi connectivity index (χ0v) is 14.5. The van der Waals surface area contributed by atoms with Crippen LogP contribution in [0.5, 0.6) is 0 Å². The van der Waals surface area contributed by atoms with E-state index in [9.17, 15) is 0 Å². The van der Waals surface area contributed by atoms with Crippen molar-refractivity contribution in [2.24, 2.45) is 7.05 Å². The van der Waals surface area contributed by atoms with E-state index in [0.717, 1.165) is 33.3 Å². The monoisotopic (exact) mass is 343 g/mol. The number of anilines is 2. The second-order valence-corrected chi connectivity index (χ2v) is 6.10. The molecule has 0 aliphatic rings. The molecule has 0 aliphatic heterocycles. The van der Waals surface area contributed by atoms with Crippen molar-refractivity contribution in [1.29, 1.82) is 0 Å². The lowest BCUT2D eigenvalue weighted by Gasteiger charge is -2.07. The Morgan fingerprint density at radius 3 is 2.69 bits per heavy atom. The summed E-state index contributed by atoms with van der Waals surface area (Å²) in [5.74, 6) is 1.30. The van der Waals surface area contributed by atoms with Crippen LogP contribution in [0, 0.1) is 0 Å². The zero-order valence-electron chi connectivity index (χ0n) is 14.5. The van der Waals surface area contributed by atoms with Gasteiger partial charge in [0.25, 0.3) is 0 Å². The van der Waals surface area contributed by atoms with Crippen LogP contribution in [-0.4, -0.2) is 29.9 Å². The van der Waals surface area contributed by atoms with Gasteiger partial charge in [0.2, 0.25) is 0 Å². The zero-order chi connectivity index (χ0) is 18.1. The number of aryl methyl sites for hydroxylation is 1. The van der Waals surface area contributed by atoms with Gasteiger partial charge in [0, 0.05) is 36.1 Å². The number of allylic oxidation sites excluding steroid dienone is 1. The van der Waals surface area contributed by atoms with Crippen LogP contribution in [0.25, 0.3) is 27.7 Å². The third-order valence-corrected chi connectivity index (χ3v) is 3.98. The van der Waals surface area contributed by atoms with Crippen molar-refractivity contribution in [3.8, 4) is 11.1 Å². The number of rotatable bonds is 4. The fourth-order valence-corrected chi connectivity index (χ4v) is 2.60. The average molecular weight is 343 g/mol. The molecule has 0 saturated heterocycles. The molecule has 0 amide bonds. The van der Waals surface area contributed by atoms with Gasteiger partial charge in [-0.25, -0.2) is 4.98 Å². The van der Waals surface area contributed by atoms with Crippen molar-refractivity contribution >= 4 is 28.2 Å². The first-order valence-corrected chi connectivity index (χ1v) is 8.10. The van der Waals surface area contributed by atoms with E-state index in [4.69, 9.17) is 0 Å². The molecular weight excluding hydrogens is 326 g/mol. The largest absolute Gasteiger partial charge is 0.323 e. The van der Waals surface area contributed by atoms with Crippen LogP contribution >= 0.6 is 0 Å². The minimum absolute atomic E-state index is 0.619. The molecule has 0 spiro atoms. The molecule has 7 heteroatoms. The van der Waals surface area contributed by atoms with E-state index in [1.807, 2.05) is 56.8 Å². The maximum absolute atomic E-state index is 4.65. The third kappa shape index (κ3) is 3.14. The van der Waals surface area contributed by atoms with Gasteiger partial charge in [-0.2, -0.15) is 10.2 Å². The Labute approximate surface area is 150 Å². The number of aromatic nitrogens is 6. The second kappa shape index (κ2) is 6.36. The van der Waals surface area contributed by atoms with Crippen molar-refractivity contribution in [1.82, 2.24) is 29.9 Å². The minimum atomic E-state index is 0.619. The van der Waals surface area contributed by atoms with Gasteiger partial charge in [0.1, 0.15) is 5.82 Å². The van der Waals surface area contributed by atoms with Gasteiger partial charge in [0.05, 0.1) is 23.4 Å². The topological polar surface area (TPSA) is 81.4 Å². The van der Waals surface area contributed by atoms with Gasteiger partial charge in [0.15, 0.2) is 5.82 Å². The van der Waals surface area contributed by atoms with E-state index in [2.05, 4.69) is 37.2 Å². The second-order valence-electron chi connectivity index (χ2n) is 6.10. The number of nitrogens with one attached hydrogen (secondary N) is 1. The lowest BCUT2D eigenvalue weighted by Crippen LogP contribution is -1.99. The lowest BCUT2D eigenvalue weighted by atomic mass is 10.1. The van der Waals surface area contributed by atoms with Gasteiger partial charge in [-0.05, 0) is 36.8 Å². The van der Waals surface area contributed by atoms with E-state index in [1.54, 1.807) is 10.9 Å². The fraction of sp³-hybridized carbons (Fsp3) is 0.105. The molecular formula is C19H17N7. The molecule has 4 rings (SSSR count). The molecule has 0 saturated carbocycles. The summed E-state index contributed by atoms with van der Waals surface area (Å²) in [6.07, 6.45) is 7.27. The molecule has 0 radical (unpaired) electrons. The quantitative estimate of drug-likeness (QED) is 0.610. The molecule has 4 aromatic heterocycles. The Hall–Kier alpha value is -3.61. The molecule has 0 fully saturated rings. The summed E-state index contributed by atoms with van der Waals surface area (Å²) in [6.45, 7) is 5.86. The average Bonchev–Trinajstić information content (AvgIpc) is 3.08. The van der Waals surface area contributed by atoms with Crippen LogP contribution in [-0.2, 0) is 7.05 Å². The smallest absolute Gasteiger partial charge is 0.154 e. The summed E-state index contributed by atoms with van der Waals surface area (Å²) >= 11 is 0. The van der Waals surface area contributed by atoms with Crippen LogP contribution < -0.4 is 5.32 Å². The highest BCUT2D eigenvalue weighted by molar-refractivity contribution is 5.81. The highest BCUT2D eigenvalue weighted by Gasteiger charge is 2.06. The van der Waals surface area contributed by atoms with Crippen LogP contribution in [0.4, 0.5) is 11.6 Å². The Bertz CT molecular complexity index is 1110.